The molecule has 0 atom stereocenters. The molecule has 280 valence electrons. The predicted octanol–water partition coefficient (Wildman–Crippen LogP) is 14.4. The van der Waals surface area contributed by atoms with Crippen LogP contribution < -0.4 is 9.47 Å². The van der Waals surface area contributed by atoms with Crippen molar-refractivity contribution in [2.45, 2.75) is 0 Å². The van der Waals surface area contributed by atoms with Gasteiger partial charge in [0.05, 0.1) is 14.2 Å². The highest BCUT2D eigenvalue weighted by atomic mass is 16.5. The number of fused-ring (bicyclic) bond motifs is 1. The average Bonchev–Trinajstić information content (AvgIpc) is 3.30. The molecule has 58 heavy (non-hydrogen) atoms. The molecule has 0 N–H and O–H groups in total. The van der Waals surface area contributed by atoms with Gasteiger partial charge in [0.2, 0.25) is 0 Å². The van der Waals surface area contributed by atoms with Crippen molar-refractivity contribution in [2.24, 2.45) is 0 Å². The van der Waals surface area contributed by atoms with Crippen molar-refractivity contribution in [3.63, 3.8) is 0 Å². The molecule has 2 heteroatoms. The molecule has 0 unspecified atom stereocenters. The molecule has 2 nitrogen and oxygen atoms in total. The van der Waals surface area contributed by atoms with E-state index in [0.29, 0.717) is 0 Å². The van der Waals surface area contributed by atoms with Crippen molar-refractivity contribution in [3.05, 3.63) is 250 Å². The second-order valence-electron chi connectivity index (χ2n) is 14.1. The minimum atomic E-state index is 0.847. The number of methoxy groups -OCH3 is 2. The van der Waals surface area contributed by atoms with Crippen LogP contribution in [0, 0.1) is 0 Å². The van der Waals surface area contributed by atoms with E-state index in [-0.39, 0.29) is 0 Å². The molecule has 0 radical (unpaired) electrons. The van der Waals surface area contributed by atoms with Gasteiger partial charge in [-0.15, -0.1) is 0 Å². The van der Waals surface area contributed by atoms with Crippen molar-refractivity contribution < 1.29 is 9.47 Å². The van der Waals surface area contributed by atoms with Crippen LogP contribution in [-0.4, -0.2) is 14.2 Å². The first-order valence-corrected chi connectivity index (χ1v) is 19.5. The van der Waals surface area contributed by atoms with E-state index in [1.54, 1.807) is 14.2 Å². The molecule has 0 fully saturated rings. The van der Waals surface area contributed by atoms with Gasteiger partial charge in [-0.2, -0.15) is 0 Å². The zero-order valence-corrected chi connectivity index (χ0v) is 32.8. The van der Waals surface area contributed by atoms with Crippen LogP contribution >= 0.6 is 0 Å². The molecule has 0 amide bonds. The van der Waals surface area contributed by atoms with E-state index in [4.69, 9.17) is 9.47 Å². The maximum Gasteiger partial charge on any atom is 0.118 e. The summed E-state index contributed by atoms with van der Waals surface area (Å²) >= 11 is 0. The Labute approximate surface area is 342 Å². The highest BCUT2D eigenvalue weighted by Crippen LogP contribution is 2.30. The summed E-state index contributed by atoms with van der Waals surface area (Å²) in [6.45, 7) is 0. The van der Waals surface area contributed by atoms with Gasteiger partial charge in [-0.3, -0.25) is 0 Å². The smallest absolute Gasteiger partial charge is 0.118 e. The van der Waals surface area contributed by atoms with Gasteiger partial charge < -0.3 is 9.47 Å². The lowest BCUT2D eigenvalue weighted by atomic mass is 9.95. The van der Waals surface area contributed by atoms with Crippen LogP contribution in [-0.2, 0) is 0 Å². The highest BCUT2D eigenvalue weighted by molar-refractivity contribution is 5.96. The third kappa shape index (κ3) is 9.16. The second-order valence-corrected chi connectivity index (χ2v) is 14.1. The molecule has 0 saturated carbocycles. The maximum absolute atomic E-state index is 5.41. The molecule has 8 rings (SSSR count). The lowest BCUT2D eigenvalue weighted by molar-refractivity contribution is 0.414. The maximum atomic E-state index is 5.41. The molecular formula is C56H44O2. The number of benzene rings is 8. The van der Waals surface area contributed by atoms with Crippen LogP contribution in [0.5, 0.6) is 11.5 Å². The Morgan fingerprint density at radius 3 is 1.22 bits per heavy atom. The summed E-state index contributed by atoms with van der Waals surface area (Å²) in [4.78, 5) is 0. The van der Waals surface area contributed by atoms with Gasteiger partial charge >= 0.3 is 0 Å². The lowest BCUT2D eigenvalue weighted by Crippen LogP contribution is -1.89. The van der Waals surface area contributed by atoms with E-state index in [2.05, 4.69) is 206 Å². The van der Waals surface area contributed by atoms with E-state index in [1.807, 2.05) is 24.3 Å². The predicted molar refractivity (Wildman–Crippen MR) is 248 cm³/mol. The summed E-state index contributed by atoms with van der Waals surface area (Å²) < 4.78 is 10.8. The van der Waals surface area contributed by atoms with Crippen LogP contribution in [0.1, 0.15) is 55.6 Å². The monoisotopic (exact) mass is 748 g/mol. The Morgan fingerprint density at radius 1 is 0.345 bits per heavy atom. The first kappa shape index (κ1) is 37.5. The molecule has 0 aromatic heterocycles. The minimum absolute atomic E-state index is 0.847. The highest BCUT2D eigenvalue weighted by Gasteiger charge is 2.08. The quantitative estimate of drug-likeness (QED) is 0.116. The number of hydrogen-bond acceptors (Lipinski definition) is 2. The SMILES string of the molecule is COc1ccc(C(=Cc2ccc(C=Cc3cc(C=Cc4ccc(C=C(c5ccccc5)c5ccc(OC)cc5)cc4)c4ccccc4c3)cc2)c2ccccc2)cc1. The molecule has 8 aromatic rings. The summed E-state index contributed by atoms with van der Waals surface area (Å²) in [5, 5.41) is 2.44. The summed E-state index contributed by atoms with van der Waals surface area (Å²) in [6.07, 6.45) is 13.3. The molecule has 0 saturated heterocycles. The largest absolute Gasteiger partial charge is 0.497 e. The summed E-state index contributed by atoms with van der Waals surface area (Å²) in [7, 11) is 3.39. The van der Waals surface area contributed by atoms with Gasteiger partial charge in [-0.25, -0.2) is 0 Å². The van der Waals surface area contributed by atoms with E-state index in [1.165, 1.54) is 27.5 Å². The second kappa shape index (κ2) is 18.0. The van der Waals surface area contributed by atoms with Crippen molar-refractivity contribution in [2.75, 3.05) is 14.2 Å². The Hall–Kier alpha value is -7.42. The van der Waals surface area contributed by atoms with Gasteiger partial charge in [-0.05, 0) is 126 Å². The Balaban J connectivity index is 1.02. The van der Waals surface area contributed by atoms with Gasteiger partial charge in [-0.1, -0.05) is 182 Å². The Kier molecular flexibility index (Phi) is 11.7. The van der Waals surface area contributed by atoms with Gasteiger partial charge in [0.1, 0.15) is 11.5 Å². The van der Waals surface area contributed by atoms with Crippen LogP contribution in [0.15, 0.2) is 194 Å². The molecule has 0 bridgehead atoms. The number of ether oxygens (including phenoxy) is 2. The number of rotatable bonds is 12. The van der Waals surface area contributed by atoms with E-state index >= 15 is 0 Å². The average molecular weight is 749 g/mol. The lowest BCUT2D eigenvalue weighted by Gasteiger charge is -2.10. The van der Waals surface area contributed by atoms with Crippen LogP contribution in [0.25, 0.3) is 58.4 Å². The van der Waals surface area contributed by atoms with E-state index in [0.717, 1.165) is 61.6 Å². The normalized spacial score (nSPS) is 12.0. The van der Waals surface area contributed by atoms with Crippen LogP contribution in [0.2, 0.25) is 0 Å². The zero-order chi connectivity index (χ0) is 39.5. The molecule has 0 aliphatic carbocycles. The van der Waals surface area contributed by atoms with Crippen molar-refractivity contribution in [1.82, 2.24) is 0 Å². The zero-order valence-electron chi connectivity index (χ0n) is 32.8. The van der Waals surface area contributed by atoms with Crippen LogP contribution in [0.3, 0.4) is 0 Å². The van der Waals surface area contributed by atoms with Gasteiger partial charge in [0.15, 0.2) is 0 Å². The fourth-order valence-corrected chi connectivity index (χ4v) is 7.16. The summed E-state index contributed by atoms with van der Waals surface area (Å²) in [6, 6.07) is 68.1. The standard InChI is InChI=1S/C56H44O2/c1-57-52-33-29-48(30-34-52)55(46-11-5-3-6-12-46)39-43-22-17-41(18-23-43)21-26-45-37-50-15-9-10-16-54(50)51(38-45)28-27-42-19-24-44(25-20-42)40-56(47-13-7-4-8-14-47)49-31-35-53(58-2)36-32-49/h3-40H,1-2H3. The third-order valence-electron chi connectivity index (χ3n) is 10.3. The van der Waals surface area contributed by atoms with Crippen molar-refractivity contribution in [3.8, 4) is 11.5 Å². The van der Waals surface area contributed by atoms with Gasteiger partial charge in [0, 0.05) is 0 Å². The van der Waals surface area contributed by atoms with Crippen molar-refractivity contribution in [1.29, 1.82) is 0 Å². The van der Waals surface area contributed by atoms with Crippen LogP contribution in [0.4, 0.5) is 0 Å². The molecule has 8 aromatic carbocycles. The molecule has 0 aliphatic rings. The van der Waals surface area contributed by atoms with E-state index < -0.39 is 0 Å². The Morgan fingerprint density at radius 2 is 0.741 bits per heavy atom. The minimum Gasteiger partial charge on any atom is -0.497 e. The molecule has 0 aliphatic heterocycles. The molecule has 0 spiro atoms. The third-order valence-corrected chi connectivity index (χ3v) is 10.3. The fraction of sp³-hybridized carbons (Fsp3) is 0.0357. The van der Waals surface area contributed by atoms with Gasteiger partial charge in [0.25, 0.3) is 0 Å². The summed E-state index contributed by atoms with van der Waals surface area (Å²) in [5.41, 5.74) is 13.9. The molecule has 0 heterocycles. The first-order chi connectivity index (χ1) is 28.6. The Bertz CT molecular complexity index is 2720. The topological polar surface area (TPSA) is 18.5 Å². The summed E-state index contributed by atoms with van der Waals surface area (Å²) in [5.74, 6) is 1.69. The fourth-order valence-electron chi connectivity index (χ4n) is 7.16. The molecular weight excluding hydrogens is 705 g/mol. The van der Waals surface area contributed by atoms with E-state index in [9.17, 15) is 0 Å². The van der Waals surface area contributed by atoms with Crippen molar-refractivity contribution >= 4 is 58.4 Å². The number of hydrogen-bond donors (Lipinski definition) is 0. The first-order valence-electron chi connectivity index (χ1n) is 19.5.